The fourth-order valence-electron chi connectivity index (χ4n) is 2.11. The number of amides is 2. The molecule has 2 aromatic carbocycles. The molecule has 0 spiro atoms. The Morgan fingerprint density at radius 1 is 1.21 bits per heavy atom. The van der Waals surface area contributed by atoms with Gasteiger partial charge < -0.3 is 15.4 Å². The maximum atomic E-state index is 12.0. The second-order valence-electron chi connectivity index (χ2n) is 5.51. The highest BCUT2D eigenvalue weighted by molar-refractivity contribution is 7.84. The molecule has 2 atom stereocenters. The average molecular weight is 346 g/mol. The van der Waals surface area contributed by atoms with Gasteiger partial charge in [0.15, 0.2) is 0 Å². The molecule has 2 amide bonds. The Kier molecular flexibility index (Phi) is 6.37. The third-order valence-corrected chi connectivity index (χ3v) is 4.31. The van der Waals surface area contributed by atoms with Crippen molar-refractivity contribution >= 4 is 22.5 Å². The minimum atomic E-state index is -1.08. The molecule has 0 aliphatic carbocycles. The monoisotopic (exact) mass is 346 g/mol. The molecule has 0 aliphatic rings. The van der Waals surface area contributed by atoms with E-state index in [1.165, 1.54) is 0 Å². The Bertz CT molecular complexity index is 734. The lowest BCUT2D eigenvalue weighted by Gasteiger charge is -2.17. The normalized spacial score (nSPS) is 13.0. The molecule has 0 saturated heterocycles. The van der Waals surface area contributed by atoms with Crippen LogP contribution in [-0.4, -0.2) is 29.1 Å². The van der Waals surface area contributed by atoms with Gasteiger partial charge in [0, 0.05) is 27.6 Å². The van der Waals surface area contributed by atoms with Crippen molar-refractivity contribution in [3.63, 3.8) is 0 Å². The van der Waals surface area contributed by atoms with Crippen molar-refractivity contribution in [3.8, 4) is 5.75 Å². The zero-order chi connectivity index (χ0) is 17.5. The minimum absolute atomic E-state index is 0.161. The van der Waals surface area contributed by atoms with Gasteiger partial charge in [-0.25, -0.2) is 4.79 Å². The van der Waals surface area contributed by atoms with Crippen LogP contribution in [0.15, 0.2) is 53.4 Å². The van der Waals surface area contributed by atoms with Crippen LogP contribution in [0.2, 0.25) is 0 Å². The maximum absolute atomic E-state index is 12.0. The predicted octanol–water partition coefficient (Wildman–Crippen LogP) is 3.32. The molecule has 2 rings (SSSR count). The van der Waals surface area contributed by atoms with E-state index < -0.39 is 10.8 Å². The highest BCUT2D eigenvalue weighted by Crippen LogP contribution is 2.17. The van der Waals surface area contributed by atoms with Gasteiger partial charge in [0.1, 0.15) is 11.9 Å². The van der Waals surface area contributed by atoms with Crippen molar-refractivity contribution < 1.29 is 13.7 Å². The summed E-state index contributed by atoms with van der Waals surface area (Å²) < 4.78 is 17.3. The molecule has 0 bridgehead atoms. The second-order valence-corrected chi connectivity index (χ2v) is 6.89. The van der Waals surface area contributed by atoms with Crippen LogP contribution in [-0.2, 0) is 10.8 Å². The van der Waals surface area contributed by atoms with Crippen LogP contribution in [0, 0.1) is 6.92 Å². The van der Waals surface area contributed by atoms with E-state index in [-0.39, 0.29) is 12.1 Å². The summed E-state index contributed by atoms with van der Waals surface area (Å²) in [6, 6.07) is 14.4. The summed E-state index contributed by atoms with van der Waals surface area (Å²) >= 11 is 0. The lowest BCUT2D eigenvalue weighted by Crippen LogP contribution is -2.36. The van der Waals surface area contributed by atoms with E-state index in [1.807, 2.05) is 38.1 Å². The Morgan fingerprint density at radius 2 is 1.96 bits per heavy atom. The molecule has 5 nitrogen and oxygen atoms in total. The smallest absolute Gasteiger partial charge is 0.319 e. The summed E-state index contributed by atoms with van der Waals surface area (Å²) in [4.78, 5) is 12.6. The molecule has 24 heavy (non-hydrogen) atoms. The first-order valence-electron chi connectivity index (χ1n) is 7.66. The molecular weight excluding hydrogens is 324 g/mol. The Balaban J connectivity index is 1.83. The fourth-order valence-corrected chi connectivity index (χ4v) is 2.67. The number of para-hydroxylation sites is 1. The second kappa shape index (κ2) is 8.49. The van der Waals surface area contributed by atoms with Crippen molar-refractivity contribution in [2.24, 2.45) is 0 Å². The van der Waals surface area contributed by atoms with Gasteiger partial charge in [-0.2, -0.15) is 0 Å². The minimum Gasteiger partial charge on any atom is -0.489 e. The van der Waals surface area contributed by atoms with Gasteiger partial charge in [-0.3, -0.25) is 4.21 Å². The zero-order valence-electron chi connectivity index (χ0n) is 14.0. The molecule has 0 aliphatic heterocycles. The predicted molar refractivity (Wildman–Crippen MR) is 97.1 cm³/mol. The van der Waals surface area contributed by atoms with Gasteiger partial charge >= 0.3 is 6.03 Å². The molecule has 0 unspecified atom stereocenters. The van der Waals surface area contributed by atoms with Crippen LogP contribution in [0.1, 0.15) is 12.5 Å². The number of benzene rings is 2. The van der Waals surface area contributed by atoms with Crippen LogP contribution < -0.4 is 15.4 Å². The van der Waals surface area contributed by atoms with Gasteiger partial charge in [-0.05, 0) is 43.7 Å². The van der Waals surface area contributed by atoms with Gasteiger partial charge in [-0.15, -0.1) is 0 Å². The summed E-state index contributed by atoms with van der Waals surface area (Å²) in [5, 5.41) is 5.50. The van der Waals surface area contributed by atoms with Crippen molar-refractivity contribution in [3.05, 3.63) is 54.1 Å². The average Bonchev–Trinajstić information content (AvgIpc) is 2.55. The van der Waals surface area contributed by atoms with E-state index in [4.69, 9.17) is 4.74 Å². The molecule has 6 heteroatoms. The number of aryl methyl sites for hydroxylation is 1. The topological polar surface area (TPSA) is 67.4 Å². The number of nitrogens with one attached hydrogen (secondary N) is 2. The lowest BCUT2D eigenvalue weighted by molar-refractivity contribution is 0.211. The Morgan fingerprint density at radius 3 is 2.67 bits per heavy atom. The first-order chi connectivity index (χ1) is 11.5. The summed E-state index contributed by atoms with van der Waals surface area (Å²) in [6.45, 7) is 4.25. The summed E-state index contributed by atoms with van der Waals surface area (Å²) in [5.41, 5.74) is 1.66. The van der Waals surface area contributed by atoms with E-state index in [2.05, 4.69) is 10.6 Å². The first-order valence-corrected chi connectivity index (χ1v) is 9.22. The molecule has 0 aromatic heterocycles. The first kappa shape index (κ1) is 18.0. The van der Waals surface area contributed by atoms with E-state index >= 15 is 0 Å². The number of hydrogen-bond donors (Lipinski definition) is 2. The van der Waals surface area contributed by atoms with Gasteiger partial charge in [0.25, 0.3) is 0 Å². The van der Waals surface area contributed by atoms with Crippen molar-refractivity contribution in [1.82, 2.24) is 5.32 Å². The number of anilines is 1. The van der Waals surface area contributed by atoms with Crippen LogP contribution in [0.4, 0.5) is 10.5 Å². The number of hydrogen-bond acceptors (Lipinski definition) is 3. The Labute approximate surface area is 144 Å². The molecule has 128 valence electrons. The van der Waals surface area contributed by atoms with E-state index in [1.54, 1.807) is 30.5 Å². The molecule has 0 heterocycles. The molecule has 0 saturated carbocycles. The van der Waals surface area contributed by atoms with Crippen molar-refractivity contribution in [1.29, 1.82) is 0 Å². The number of carbonyl (C=O) groups excluding carboxylic acids is 1. The number of rotatable bonds is 6. The van der Waals surface area contributed by atoms with Gasteiger partial charge in [0.2, 0.25) is 0 Å². The third kappa shape index (κ3) is 5.38. The van der Waals surface area contributed by atoms with Crippen LogP contribution >= 0.6 is 0 Å². The maximum Gasteiger partial charge on any atom is 0.319 e. The molecule has 2 N–H and O–H groups in total. The van der Waals surface area contributed by atoms with Gasteiger partial charge in [-0.1, -0.05) is 24.3 Å². The van der Waals surface area contributed by atoms with E-state index in [0.29, 0.717) is 17.1 Å². The molecular formula is C18H22N2O3S. The molecule has 0 fully saturated rings. The largest absolute Gasteiger partial charge is 0.489 e. The number of carbonyl (C=O) groups is 1. The van der Waals surface area contributed by atoms with Crippen LogP contribution in [0.25, 0.3) is 0 Å². The molecule has 0 radical (unpaired) electrons. The third-order valence-electron chi connectivity index (χ3n) is 3.40. The standard InChI is InChI=1S/C18H22N2O3S/c1-13-7-4-5-10-17(13)23-14(2)12-19-18(21)20-15-8-6-9-16(11-15)24(3)22/h4-11,14H,12H2,1-3H3,(H2,19,20,21)/t14-,24-/m0/s1. The van der Waals surface area contributed by atoms with Crippen LogP contribution in [0.3, 0.4) is 0 Å². The lowest BCUT2D eigenvalue weighted by atomic mass is 10.2. The van der Waals surface area contributed by atoms with E-state index in [0.717, 1.165) is 11.3 Å². The van der Waals surface area contributed by atoms with Crippen LogP contribution in [0.5, 0.6) is 5.75 Å². The molecule has 2 aromatic rings. The number of ether oxygens (including phenoxy) is 1. The highest BCUT2D eigenvalue weighted by Gasteiger charge is 2.09. The van der Waals surface area contributed by atoms with E-state index in [9.17, 15) is 9.00 Å². The van der Waals surface area contributed by atoms with Crippen molar-refractivity contribution in [2.75, 3.05) is 18.1 Å². The quantitative estimate of drug-likeness (QED) is 0.843. The fraction of sp³-hybridized carbons (Fsp3) is 0.278. The summed E-state index contributed by atoms with van der Waals surface area (Å²) in [5.74, 6) is 0.810. The van der Waals surface area contributed by atoms with Gasteiger partial charge in [0.05, 0.1) is 6.54 Å². The highest BCUT2D eigenvalue weighted by atomic mass is 32.2. The Hall–Kier alpha value is -2.34. The summed E-state index contributed by atoms with van der Waals surface area (Å²) in [6.07, 6.45) is 1.44. The SMILES string of the molecule is Cc1ccccc1O[C@@H](C)CNC(=O)Nc1cccc([S@](C)=O)c1. The summed E-state index contributed by atoms with van der Waals surface area (Å²) in [7, 11) is -1.08. The number of urea groups is 1. The zero-order valence-corrected chi connectivity index (χ0v) is 14.9. The van der Waals surface area contributed by atoms with Crippen molar-refractivity contribution in [2.45, 2.75) is 24.8 Å².